The summed E-state index contributed by atoms with van der Waals surface area (Å²) in [5, 5.41) is 3.93. The Morgan fingerprint density at radius 1 is 1.70 bits per heavy atom. The van der Waals surface area contributed by atoms with Gasteiger partial charge >= 0.3 is 0 Å². The maximum absolute atomic E-state index is 4.52. The largest absolute Gasteiger partial charge is 0.316 e. The van der Waals surface area contributed by atoms with Crippen molar-refractivity contribution in [1.82, 2.24) is 5.32 Å². The molecule has 0 radical (unpaired) electrons. The molecule has 0 spiro atoms. The van der Waals surface area contributed by atoms with Gasteiger partial charge in [0.05, 0.1) is 0 Å². The van der Waals surface area contributed by atoms with Crippen molar-refractivity contribution in [3.8, 4) is 0 Å². The zero-order valence-corrected chi connectivity index (χ0v) is 7.75. The van der Waals surface area contributed by atoms with Crippen LogP contribution in [0, 0.1) is 5.41 Å². The smallest absolute Gasteiger partial charge is 0.00574 e. The van der Waals surface area contributed by atoms with E-state index in [0.29, 0.717) is 10.7 Å². The van der Waals surface area contributed by atoms with E-state index >= 15 is 0 Å². The molecule has 1 nitrogen and oxygen atoms in total. The molecule has 0 bridgehead atoms. The van der Waals surface area contributed by atoms with E-state index in [1.54, 1.807) is 0 Å². The summed E-state index contributed by atoms with van der Waals surface area (Å²) in [7, 11) is 0. The van der Waals surface area contributed by atoms with Gasteiger partial charge in [-0.3, -0.25) is 0 Å². The van der Waals surface area contributed by atoms with Gasteiger partial charge in [0.2, 0.25) is 0 Å². The third-order valence-corrected chi connectivity index (χ3v) is 3.41. The lowest BCUT2D eigenvalue weighted by molar-refractivity contribution is 0.310. The fraction of sp³-hybridized carbons (Fsp3) is 1.00. The van der Waals surface area contributed by atoms with Gasteiger partial charge in [-0.1, -0.05) is 13.8 Å². The first-order valence-corrected chi connectivity index (χ1v) is 4.62. The maximum atomic E-state index is 4.52. The van der Waals surface area contributed by atoms with Crippen LogP contribution in [-0.4, -0.2) is 18.3 Å². The van der Waals surface area contributed by atoms with Crippen LogP contribution in [0.4, 0.5) is 0 Å². The number of nitrogens with one attached hydrogen (secondary N) is 1. The molecule has 0 aliphatic carbocycles. The van der Waals surface area contributed by atoms with Gasteiger partial charge in [-0.2, -0.15) is 12.6 Å². The highest BCUT2D eigenvalue weighted by molar-refractivity contribution is 7.81. The highest BCUT2D eigenvalue weighted by Crippen LogP contribution is 2.35. The van der Waals surface area contributed by atoms with Crippen LogP contribution in [0.3, 0.4) is 0 Å². The number of hydrogen-bond donors (Lipinski definition) is 2. The topological polar surface area (TPSA) is 12.0 Å². The van der Waals surface area contributed by atoms with Crippen molar-refractivity contribution in [2.45, 2.75) is 31.9 Å². The van der Waals surface area contributed by atoms with Crippen LogP contribution in [0.25, 0.3) is 0 Å². The molecule has 0 saturated carbocycles. The van der Waals surface area contributed by atoms with E-state index in [0.717, 1.165) is 6.54 Å². The first-order chi connectivity index (χ1) is 4.71. The molecule has 2 unspecified atom stereocenters. The molecule has 0 aromatic heterocycles. The molecule has 1 aliphatic rings. The maximum Gasteiger partial charge on any atom is 0.00574 e. The minimum atomic E-state index is 0.489. The minimum absolute atomic E-state index is 0.489. The summed E-state index contributed by atoms with van der Waals surface area (Å²) < 4.78 is 0. The van der Waals surface area contributed by atoms with Gasteiger partial charge in [-0.25, -0.2) is 0 Å². The molecule has 0 aromatic rings. The van der Waals surface area contributed by atoms with E-state index in [2.05, 4.69) is 31.8 Å². The van der Waals surface area contributed by atoms with E-state index in [1.807, 2.05) is 0 Å². The molecule has 0 aromatic carbocycles. The van der Waals surface area contributed by atoms with Crippen molar-refractivity contribution in [1.29, 1.82) is 0 Å². The summed E-state index contributed by atoms with van der Waals surface area (Å²) in [6.45, 7) is 6.81. The summed E-state index contributed by atoms with van der Waals surface area (Å²) in [6, 6.07) is 0. The van der Waals surface area contributed by atoms with E-state index < -0.39 is 0 Å². The summed E-state index contributed by atoms with van der Waals surface area (Å²) in [5.74, 6) is 0. The third kappa shape index (κ3) is 1.32. The van der Waals surface area contributed by atoms with Crippen LogP contribution in [0.15, 0.2) is 0 Å². The predicted molar refractivity (Wildman–Crippen MR) is 48.7 cm³/mol. The van der Waals surface area contributed by atoms with Crippen molar-refractivity contribution in [3.63, 3.8) is 0 Å². The lowest BCUT2D eigenvalue weighted by Gasteiger charge is -2.30. The normalized spacial score (nSPS) is 36.3. The Labute approximate surface area is 69.0 Å². The Balaban J connectivity index is 2.58. The van der Waals surface area contributed by atoms with Gasteiger partial charge in [-0.05, 0) is 24.8 Å². The fourth-order valence-electron chi connectivity index (χ4n) is 1.72. The Morgan fingerprint density at radius 3 is 2.60 bits per heavy atom. The summed E-state index contributed by atoms with van der Waals surface area (Å²) in [5.41, 5.74) is 0.489. The fourth-order valence-corrected chi connectivity index (χ4v) is 2.12. The highest BCUT2D eigenvalue weighted by atomic mass is 32.1. The first kappa shape index (κ1) is 8.41. The molecule has 1 saturated heterocycles. The Hall–Kier alpha value is 0.310. The van der Waals surface area contributed by atoms with Crippen LogP contribution >= 0.6 is 12.6 Å². The highest BCUT2D eigenvalue weighted by Gasteiger charge is 2.35. The zero-order chi connectivity index (χ0) is 7.61. The minimum Gasteiger partial charge on any atom is -0.316 e. The standard InChI is InChI=1S/C8H17NS/c1-3-8(7(2)10)4-5-9-6-8/h7,9-10H,3-6H2,1-2H3. The average Bonchev–Trinajstić information content (AvgIpc) is 2.35. The van der Waals surface area contributed by atoms with Crippen molar-refractivity contribution in [2.75, 3.05) is 13.1 Å². The van der Waals surface area contributed by atoms with Crippen molar-refractivity contribution in [3.05, 3.63) is 0 Å². The number of hydrogen-bond acceptors (Lipinski definition) is 2. The van der Waals surface area contributed by atoms with E-state index in [1.165, 1.54) is 19.4 Å². The molecular formula is C8H17NS. The van der Waals surface area contributed by atoms with Gasteiger partial charge in [0, 0.05) is 11.8 Å². The molecule has 10 heavy (non-hydrogen) atoms. The van der Waals surface area contributed by atoms with Crippen LogP contribution in [0.2, 0.25) is 0 Å². The molecular weight excluding hydrogens is 142 g/mol. The van der Waals surface area contributed by atoms with E-state index in [4.69, 9.17) is 0 Å². The molecule has 1 rings (SSSR count). The Bertz CT molecular complexity index is 106. The summed E-state index contributed by atoms with van der Waals surface area (Å²) in [4.78, 5) is 0. The third-order valence-electron chi connectivity index (χ3n) is 2.87. The quantitative estimate of drug-likeness (QED) is 0.584. The molecule has 2 heteroatoms. The average molecular weight is 159 g/mol. The van der Waals surface area contributed by atoms with Crippen LogP contribution < -0.4 is 5.32 Å². The van der Waals surface area contributed by atoms with E-state index in [-0.39, 0.29) is 0 Å². The molecule has 2 atom stereocenters. The second kappa shape index (κ2) is 3.14. The van der Waals surface area contributed by atoms with Gasteiger partial charge in [0.25, 0.3) is 0 Å². The molecule has 1 aliphatic heterocycles. The monoisotopic (exact) mass is 159 g/mol. The Kier molecular flexibility index (Phi) is 2.64. The van der Waals surface area contributed by atoms with Crippen molar-refractivity contribution >= 4 is 12.6 Å². The van der Waals surface area contributed by atoms with Crippen molar-refractivity contribution < 1.29 is 0 Å². The molecule has 1 N–H and O–H groups in total. The summed E-state index contributed by atoms with van der Waals surface area (Å²) in [6.07, 6.45) is 2.55. The molecule has 0 amide bonds. The van der Waals surface area contributed by atoms with Crippen LogP contribution in [-0.2, 0) is 0 Å². The second-order valence-electron chi connectivity index (χ2n) is 3.32. The molecule has 60 valence electrons. The van der Waals surface area contributed by atoms with Crippen LogP contribution in [0.5, 0.6) is 0 Å². The number of thiol groups is 1. The second-order valence-corrected chi connectivity index (χ2v) is 4.09. The van der Waals surface area contributed by atoms with Gasteiger partial charge in [0.1, 0.15) is 0 Å². The zero-order valence-electron chi connectivity index (χ0n) is 6.85. The van der Waals surface area contributed by atoms with Gasteiger partial charge in [-0.15, -0.1) is 0 Å². The van der Waals surface area contributed by atoms with Crippen LogP contribution in [0.1, 0.15) is 26.7 Å². The lowest BCUT2D eigenvalue weighted by atomic mass is 9.81. The molecule has 1 fully saturated rings. The number of rotatable bonds is 2. The van der Waals surface area contributed by atoms with E-state index in [9.17, 15) is 0 Å². The van der Waals surface area contributed by atoms with Crippen molar-refractivity contribution in [2.24, 2.45) is 5.41 Å². The predicted octanol–water partition coefficient (Wildman–Crippen LogP) is 1.69. The Morgan fingerprint density at radius 2 is 2.40 bits per heavy atom. The van der Waals surface area contributed by atoms with Gasteiger partial charge < -0.3 is 5.32 Å². The summed E-state index contributed by atoms with van der Waals surface area (Å²) >= 11 is 4.52. The molecule has 1 heterocycles. The first-order valence-electron chi connectivity index (χ1n) is 4.10. The van der Waals surface area contributed by atoms with Gasteiger partial charge in [0.15, 0.2) is 0 Å². The lowest BCUT2D eigenvalue weighted by Crippen LogP contribution is -2.31. The SMILES string of the molecule is CCC1(C(C)S)CCNC1.